The highest BCUT2D eigenvalue weighted by Crippen LogP contribution is 2.38. The molecule has 0 amide bonds. The molecule has 0 heterocycles. The molecular weight excluding hydrogens is 516 g/mol. The molecule has 0 bridgehead atoms. The van der Waals surface area contributed by atoms with E-state index >= 15 is 0 Å². The summed E-state index contributed by atoms with van der Waals surface area (Å²) in [7, 11) is 0. The Labute approximate surface area is 242 Å². The quantitative estimate of drug-likeness (QED) is 0.206. The third-order valence-electron chi connectivity index (χ3n) is 7.04. The third kappa shape index (κ3) is 7.77. The van der Waals surface area contributed by atoms with Crippen LogP contribution in [0.5, 0.6) is 0 Å². The van der Waals surface area contributed by atoms with Crippen LogP contribution in [-0.4, -0.2) is 26.2 Å². The van der Waals surface area contributed by atoms with Crippen LogP contribution in [0.1, 0.15) is 59.4 Å². The molecule has 0 spiro atoms. The van der Waals surface area contributed by atoms with E-state index in [1.54, 1.807) is 0 Å². The molecule has 40 heavy (non-hydrogen) atoms. The van der Waals surface area contributed by atoms with Gasteiger partial charge in [-0.15, -0.1) is 0 Å². The van der Waals surface area contributed by atoms with Gasteiger partial charge in [0.05, 0.1) is 50.0 Å². The molecule has 0 N–H and O–H groups in total. The van der Waals surface area contributed by atoms with Crippen molar-refractivity contribution in [1.82, 2.24) is 0 Å². The molecule has 0 saturated carbocycles. The summed E-state index contributed by atoms with van der Waals surface area (Å²) >= 11 is 6.25. The summed E-state index contributed by atoms with van der Waals surface area (Å²) in [4.78, 5) is 4.19. The summed E-state index contributed by atoms with van der Waals surface area (Å²) in [6, 6.07) is 29.5. The van der Waals surface area contributed by atoms with Gasteiger partial charge in [-0.05, 0) is 78.1 Å². The van der Waals surface area contributed by atoms with E-state index < -0.39 is 0 Å². The van der Waals surface area contributed by atoms with Crippen LogP contribution in [0.3, 0.4) is 0 Å². The maximum Gasteiger partial charge on any atom is 0.0640 e. The van der Waals surface area contributed by atoms with E-state index in [0.717, 1.165) is 39.2 Å². The van der Waals surface area contributed by atoms with Gasteiger partial charge < -0.3 is 9.80 Å². The summed E-state index contributed by atoms with van der Waals surface area (Å²) in [5.74, 6) is -0.0429. The number of nitriles is 4. The van der Waals surface area contributed by atoms with Gasteiger partial charge in [-0.3, -0.25) is 0 Å². The SMILES string of the molecule is Cc1cc(N(CCC#N)CCC#N)ccc1C(c1ccc(Cl)cc1)c1ccc(N(CCC#N)CCC#N)cc1C. The minimum Gasteiger partial charge on any atom is -0.369 e. The van der Waals surface area contributed by atoms with Gasteiger partial charge in [0.25, 0.3) is 0 Å². The van der Waals surface area contributed by atoms with E-state index in [0.29, 0.717) is 56.9 Å². The predicted octanol–water partition coefficient (Wildman–Crippen LogP) is 7.40. The maximum absolute atomic E-state index is 9.11. The monoisotopic (exact) mass is 548 g/mol. The van der Waals surface area contributed by atoms with Crippen molar-refractivity contribution in [3.63, 3.8) is 0 Å². The normalized spacial score (nSPS) is 10.3. The largest absolute Gasteiger partial charge is 0.369 e. The number of aryl methyl sites for hydroxylation is 2. The Morgan fingerprint density at radius 3 is 1.30 bits per heavy atom. The van der Waals surface area contributed by atoms with Crippen molar-refractivity contribution >= 4 is 23.0 Å². The van der Waals surface area contributed by atoms with Crippen molar-refractivity contribution in [2.24, 2.45) is 0 Å². The van der Waals surface area contributed by atoms with Crippen molar-refractivity contribution in [3.8, 4) is 24.3 Å². The molecule has 0 aliphatic rings. The third-order valence-corrected chi connectivity index (χ3v) is 7.29. The van der Waals surface area contributed by atoms with Gasteiger partial charge >= 0.3 is 0 Å². The number of rotatable bonds is 13. The number of hydrogen-bond donors (Lipinski definition) is 0. The zero-order valence-corrected chi connectivity index (χ0v) is 23.8. The number of nitrogens with zero attached hydrogens (tertiary/aromatic N) is 6. The lowest BCUT2D eigenvalue weighted by atomic mass is 9.81. The van der Waals surface area contributed by atoms with E-state index in [9.17, 15) is 0 Å². The van der Waals surface area contributed by atoms with Crippen LogP contribution in [0.2, 0.25) is 5.02 Å². The first-order chi connectivity index (χ1) is 19.4. The molecule has 0 saturated heterocycles. The average molecular weight is 549 g/mol. The minimum atomic E-state index is -0.0429. The summed E-state index contributed by atoms with van der Waals surface area (Å²) < 4.78 is 0. The summed E-state index contributed by atoms with van der Waals surface area (Å²) in [6.07, 6.45) is 1.58. The summed E-state index contributed by atoms with van der Waals surface area (Å²) in [6.45, 7) is 6.50. The summed E-state index contributed by atoms with van der Waals surface area (Å²) in [5, 5.41) is 37.1. The van der Waals surface area contributed by atoms with Gasteiger partial charge in [0.1, 0.15) is 0 Å². The highest BCUT2D eigenvalue weighted by Gasteiger charge is 2.22. The lowest BCUT2D eigenvalue weighted by Gasteiger charge is -2.28. The van der Waals surface area contributed by atoms with Crippen LogP contribution in [0.15, 0.2) is 60.7 Å². The first-order valence-electron chi connectivity index (χ1n) is 13.4. The molecule has 3 rings (SSSR count). The lowest BCUT2D eigenvalue weighted by molar-refractivity contribution is 0.794. The Balaban J connectivity index is 2.07. The molecule has 0 fully saturated rings. The van der Waals surface area contributed by atoms with E-state index in [-0.39, 0.29) is 5.92 Å². The Hall–Kier alpha value is -4.49. The zero-order valence-electron chi connectivity index (χ0n) is 23.1. The Bertz CT molecular complexity index is 1330. The van der Waals surface area contributed by atoms with Crippen LogP contribution in [0, 0.1) is 59.2 Å². The molecular formula is C33H33ClN6. The molecule has 0 unspecified atom stereocenters. The number of halogens is 1. The number of hydrogen-bond acceptors (Lipinski definition) is 6. The highest BCUT2D eigenvalue weighted by molar-refractivity contribution is 6.30. The Morgan fingerprint density at radius 2 is 0.975 bits per heavy atom. The summed E-state index contributed by atoms with van der Waals surface area (Å²) in [5.41, 5.74) is 7.67. The number of benzene rings is 3. The maximum atomic E-state index is 9.11. The molecule has 0 aliphatic carbocycles. The smallest absolute Gasteiger partial charge is 0.0640 e. The standard InChI is InChI=1S/C33H33ClN6/c1-25-23-29(39(19-3-15-35)20-4-16-36)11-13-31(25)33(27-7-9-28(34)10-8-27)32-14-12-30(24-26(32)2)40(21-5-17-37)22-6-18-38/h7-14,23-24,33H,3-6,19-22H2,1-2H3. The zero-order chi connectivity index (χ0) is 28.9. The second kappa shape index (κ2) is 15.2. The lowest BCUT2D eigenvalue weighted by Crippen LogP contribution is -2.25. The molecule has 3 aromatic carbocycles. The van der Waals surface area contributed by atoms with Crippen molar-refractivity contribution in [2.75, 3.05) is 36.0 Å². The van der Waals surface area contributed by atoms with E-state index in [2.05, 4.69) is 96.5 Å². The predicted molar refractivity (Wildman–Crippen MR) is 160 cm³/mol. The van der Waals surface area contributed by atoms with Gasteiger partial charge in [-0.25, -0.2) is 0 Å². The van der Waals surface area contributed by atoms with Gasteiger partial charge in [0, 0.05) is 48.5 Å². The Kier molecular flexibility index (Phi) is 11.4. The van der Waals surface area contributed by atoms with E-state index in [4.69, 9.17) is 32.6 Å². The molecule has 0 aromatic heterocycles. The highest BCUT2D eigenvalue weighted by atomic mass is 35.5. The van der Waals surface area contributed by atoms with Gasteiger partial charge in [0.2, 0.25) is 0 Å². The van der Waals surface area contributed by atoms with E-state index in [1.165, 1.54) is 0 Å². The second-order valence-electron chi connectivity index (χ2n) is 9.67. The van der Waals surface area contributed by atoms with Crippen molar-refractivity contribution in [1.29, 1.82) is 21.0 Å². The van der Waals surface area contributed by atoms with Crippen molar-refractivity contribution < 1.29 is 0 Å². The molecule has 6 nitrogen and oxygen atoms in total. The molecule has 202 valence electrons. The Morgan fingerprint density at radius 1 is 0.600 bits per heavy atom. The van der Waals surface area contributed by atoms with Crippen LogP contribution in [0.25, 0.3) is 0 Å². The average Bonchev–Trinajstić information content (AvgIpc) is 2.96. The number of anilines is 2. The first-order valence-corrected chi connectivity index (χ1v) is 13.8. The molecule has 3 aromatic rings. The first kappa shape index (κ1) is 30.1. The van der Waals surface area contributed by atoms with Gasteiger partial charge in [0.15, 0.2) is 0 Å². The van der Waals surface area contributed by atoms with Gasteiger partial charge in [-0.2, -0.15) is 21.0 Å². The minimum absolute atomic E-state index is 0.0429. The fourth-order valence-electron chi connectivity index (χ4n) is 5.02. The fraction of sp³-hybridized carbons (Fsp3) is 0.333. The van der Waals surface area contributed by atoms with Crippen LogP contribution in [-0.2, 0) is 0 Å². The van der Waals surface area contributed by atoms with Crippen molar-refractivity contribution in [3.05, 3.63) is 93.5 Å². The van der Waals surface area contributed by atoms with Crippen LogP contribution < -0.4 is 9.80 Å². The molecule has 0 radical (unpaired) electrons. The molecule has 0 atom stereocenters. The van der Waals surface area contributed by atoms with Crippen LogP contribution in [0.4, 0.5) is 11.4 Å². The molecule has 7 heteroatoms. The van der Waals surface area contributed by atoms with E-state index in [1.807, 2.05) is 12.1 Å². The topological polar surface area (TPSA) is 102 Å². The van der Waals surface area contributed by atoms with Gasteiger partial charge in [-0.1, -0.05) is 35.9 Å². The van der Waals surface area contributed by atoms with Crippen LogP contribution >= 0.6 is 11.6 Å². The van der Waals surface area contributed by atoms with Crippen molar-refractivity contribution in [2.45, 2.75) is 45.4 Å². The fourth-order valence-corrected chi connectivity index (χ4v) is 5.15. The second-order valence-corrected chi connectivity index (χ2v) is 10.1. The molecule has 0 aliphatic heterocycles.